The van der Waals surface area contributed by atoms with Crippen LogP contribution in [0.15, 0.2) is 29.6 Å². The molecule has 23 heavy (non-hydrogen) atoms. The number of hydrogen-bond donors (Lipinski definition) is 1. The average molecular weight is 329 g/mol. The first-order valence-electron chi connectivity index (χ1n) is 8.12. The van der Waals surface area contributed by atoms with Gasteiger partial charge in [-0.3, -0.25) is 4.79 Å². The molecule has 3 rings (SSSR count). The summed E-state index contributed by atoms with van der Waals surface area (Å²) in [5.41, 5.74) is 8.67. The number of nitrogens with two attached hydrogens (primary N) is 1. The number of hydrogen-bond acceptors (Lipinski definition) is 4. The van der Waals surface area contributed by atoms with Crippen molar-refractivity contribution in [2.45, 2.75) is 32.7 Å². The molecular weight excluding hydrogens is 306 g/mol. The van der Waals surface area contributed by atoms with Gasteiger partial charge >= 0.3 is 0 Å². The lowest BCUT2D eigenvalue weighted by atomic mass is 9.90. The Morgan fingerprint density at radius 3 is 2.74 bits per heavy atom. The Kier molecular flexibility index (Phi) is 4.78. The standard InChI is InChI=1S/C18H23N3OS/c1-12(19)14-6-8-21(9-7-14)18(22)16-5-3-4-15(10-16)17-11-23-13(2)20-17/h3-5,10-12,14H,6-9,19H2,1-2H3. The summed E-state index contributed by atoms with van der Waals surface area (Å²) in [6, 6.07) is 8.00. The molecule has 5 heteroatoms. The second-order valence-corrected chi connectivity index (χ2v) is 7.38. The average Bonchev–Trinajstić information content (AvgIpc) is 3.01. The number of carbonyl (C=O) groups excluding carboxylic acids is 1. The van der Waals surface area contributed by atoms with Gasteiger partial charge in [0.2, 0.25) is 0 Å². The fourth-order valence-corrected chi connectivity index (χ4v) is 3.74. The Hall–Kier alpha value is -1.72. The van der Waals surface area contributed by atoms with Crippen LogP contribution in [0.25, 0.3) is 11.3 Å². The predicted molar refractivity (Wildman–Crippen MR) is 94.6 cm³/mol. The first-order chi connectivity index (χ1) is 11.0. The van der Waals surface area contributed by atoms with E-state index in [1.54, 1.807) is 11.3 Å². The van der Waals surface area contributed by atoms with Crippen LogP contribution >= 0.6 is 11.3 Å². The number of nitrogens with zero attached hydrogens (tertiary/aromatic N) is 2. The Balaban J connectivity index is 1.73. The summed E-state index contributed by atoms with van der Waals surface area (Å²) in [5.74, 6) is 0.644. The third-order valence-corrected chi connectivity index (χ3v) is 5.37. The van der Waals surface area contributed by atoms with Crippen LogP contribution in [0.3, 0.4) is 0 Å². The molecule has 1 amide bonds. The smallest absolute Gasteiger partial charge is 0.253 e. The molecule has 2 aromatic rings. The normalized spacial score (nSPS) is 17.3. The lowest BCUT2D eigenvalue weighted by molar-refractivity contribution is 0.0681. The van der Waals surface area contributed by atoms with Crippen molar-refractivity contribution >= 4 is 17.2 Å². The van der Waals surface area contributed by atoms with Gasteiger partial charge in [0.15, 0.2) is 0 Å². The highest BCUT2D eigenvalue weighted by atomic mass is 32.1. The van der Waals surface area contributed by atoms with Crippen molar-refractivity contribution < 1.29 is 4.79 Å². The number of amides is 1. The number of benzene rings is 1. The molecule has 0 saturated carbocycles. The summed E-state index contributed by atoms with van der Waals surface area (Å²) in [4.78, 5) is 19.2. The third kappa shape index (κ3) is 3.62. The number of thiazole rings is 1. The van der Waals surface area contributed by atoms with Gasteiger partial charge in [-0.05, 0) is 44.7 Å². The Morgan fingerprint density at radius 2 is 2.13 bits per heavy atom. The van der Waals surface area contributed by atoms with Gasteiger partial charge in [-0.1, -0.05) is 12.1 Å². The SMILES string of the molecule is Cc1nc(-c2cccc(C(=O)N3CCC(C(C)N)CC3)c2)cs1. The van der Waals surface area contributed by atoms with Crippen LogP contribution in [-0.2, 0) is 0 Å². The van der Waals surface area contributed by atoms with E-state index < -0.39 is 0 Å². The maximum atomic E-state index is 12.7. The molecule has 1 aliphatic rings. The van der Waals surface area contributed by atoms with E-state index in [0.29, 0.717) is 5.92 Å². The molecule has 1 atom stereocenters. The molecule has 0 aliphatic carbocycles. The fraction of sp³-hybridized carbons (Fsp3) is 0.444. The van der Waals surface area contributed by atoms with Crippen molar-refractivity contribution in [1.82, 2.24) is 9.88 Å². The molecule has 0 bridgehead atoms. The predicted octanol–water partition coefficient (Wildman–Crippen LogP) is 3.32. The van der Waals surface area contributed by atoms with Gasteiger partial charge < -0.3 is 10.6 Å². The van der Waals surface area contributed by atoms with Gasteiger partial charge in [-0.25, -0.2) is 4.98 Å². The number of piperidine rings is 1. The summed E-state index contributed by atoms with van der Waals surface area (Å²) < 4.78 is 0. The van der Waals surface area contributed by atoms with E-state index in [1.807, 2.05) is 41.5 Å². The molecular formula is C18H23N3OS. The van der Waals surface area contributed by atoms with Crippen LogP contribution < -0.4 is 5.73 Å². The summed E-state index contributed by atoms with van der Waals surface area (Å²) in [6.07, 6.45) is 1.99. The maximum absolute atomic E-state index is 12.7. The number of rotatable bonds is 3. The summed E-state index contributed by atoms with van der Waals surface area (Å²) >= 11 is 1.63. The molecule has 1 aromatic heterocycles. The molecule has 0 radical (unpaired) electrons. The summed E-state index contributed by atoms with van der Waals surface area (Å²) in [6.45, 7) is 5.64. The largest absolute Gasteiger partial charge is 0.339 e. The fourth-order valence-electron chi connectivity index (χ4n) is 3.12. The van der Waals surface area contributed by atoms with Crippen LogP contribution in [0.2, 0.25) is 0 Å². The summed E-state index contributed by atoms with van der Waals surface area (Å²) in [7, 11) is 0. The van der Waals surface area contributed by atoms with Gasteiger partial charge in [0.05, 0.1) is 10.7 Å². The van der Waals surface area contributed by atoms with Crippen molar-refractivity contribution in [3.8, 4) is 11.3 Å². The number of aryl methyl sites for hydroxylation is 1. The first-order valence-corrected chi connectivity index (χ1v) is 9.00. The maximum Gasteiger partial charge on any atom is 0.253 e. The highest BCUT2D eigenvalue weighted by molar-refractivity contribution is 7.09. The van der Waals surface area contributed by atoms with Crippen LogP contribution in [-0.4, -0.2) is 34.9 Å². The minimum Gasteiger partial charge on any atom is -0.339 e. The lowest BCUT2D eigenvalue weighted by Gasteiger charge is -2.33. The van der Waals surface area contributed by atoms with Crippen molar-refractivity contribution in [2.24, 2.45) is 11.7 Å². The number of likely N-dealkylation sites (tertiary alicyclic amines) is 1. The van der Waals surface area contributed by atoms with E-state index in [-0.39, 0.29) is 11.9 Å². The van der Waals surface area contributed by atoms with Crippen LogP contribution in [0, 0.1) is 12.8 Å². The van der Waals surface area contributed by atoms with Crippen LogP contribution in [0.1, 0.15) is 35.1 Å². The Labute approximate surface area is 141 Å². The molecule has 1 aliphatic heterocycles. The number of aromatic nitrogens is 1. The first kappa shape index (κ1) is 16.1. The van der Waals surface area contributed by atoms with Gasteiger partial charge in [-0.2, -0.15) is 0 Å². The molecule has 2 N–H and O–H groups in total. The van der Waals surface area contributed by atoms with E-state index in [1.165, 1.54) is 0 Å². The lowest BCUT2D eigenvalue weighted by Crippen LogP contribution is -2.42. The zero-order chi connectivity index (χ0) is 16.4. The van der Waals surface area contributed by atoms with Gasteiger partial charge in [0.25, 0.3) is 5.91 Å². The molecule has 0 spiro atoms. The topological polar surface area (TPSA) is 59.2 Å². The molecule has 4 nitrogen and oxygen atoms in total. The third-order valence-electron chi connectivity index (χ3n) is 4.59. The quantitative estimate of drug-likeness (QED) is 0.940. The van der Waals surface area contributed by atoms with E-state index in [0.717, 1.165) is 47.8 Å². The van der Waals surface area contributed by atoms with Crippen molar-refractivity contribution in [3.63, 3.8) is 0 Å². The minimum atomic E-state index is 0.113. The number of carbonyl (C=O) groups is 1. The van der Waals surface area contributed by atoms with E-state index in [4.69, 9.17) is 5.73 Å². The van der Waals surface area contributed by atoms with Gasteiger partial charge in [0, 0.05) is 35.6 Å². The Bertz CT molecular complexity index is 687. The van der Waals surface area contributed by atoms with Gasteiger partial charge in [0.1, 0.15) is 0 Å². The van der Waals surface area contributed by atoms with Crippen LogP contribution in [0.4, 0.5) is 0 Å². The molecule has 122 valence electrons. The minimum absolute atomic E-state index is 0.113. The molecule has 2 heterocycles. The molecule has 1 unspecified atom stereocenters. The molecule has 1 fully saturated rings. The molecule has 1 saturated heterocycles. The highest BCUT2D eigenvalue weighted by Crippen LogP contribution is 2.25. The highest BCUT2D eigenvalue weighted by Gasteiger charge is 2.25. The zero-order valence-electron chi connectivity index (χ0n) is 13.7. The second-order valence-electron chi connectivity index (χ2n) is 6.32. The van der Waals surface area contributed by atoms with E-state index in [2.05, 4.69) is 11.9 Å². The second kappa shape index (κ2) is 6.81. The zero-order valence-corrected chi connectivity index (χ0v) is 14.5. The van der Waals surface area contributed by atoms with Crippen molar-refractivity contribution in [1.29, 1.82) is 0 Å². The summed E-state index contributed by atoms with van der Waals surface area (Å²) in [5, 5.41) is 3.07. The van der Waals surface area contributed by atoms with Crippen molar-refractivity contribution in [2.75, 3.05) is 13.1 Å². The molecule has 1 aromatic carbocycles. The van der Waals surface area contributed by atoms with Crippen molar-refractivity contribution in [3.05, 3.63) is 40.2 Å². The van der Waals surface area contributed by atoms with E-state index in [9.17, 15) is 4.79 Å². The van der Waals surface area contributed by atoms with Gasteiger partial charge in [-0.15, -0.1) is 11.3 Å². The Morgan fingerprint density at radius 1 is 1.39 bits per heavy atom. The monoisotopic (exact) mass is 329 g/mol. The van der Waals surface area contributed by atoms with Crippen LogP contribution in [0.5, 0.6) is 0 Å². The van der Waals surface area contributed by atoms with E-state index >= 15 is 0 Å².